The molecular formula is C15H20N2O2. The summed E-state index contributed by atoms with van der Waals surface area (Å²) in [6, 6.07) is 5.12. The Hall–Kier alpha value is -1.84. The van der Waals surface area contributed by atoms with Gasteiger partial charge in [-0.3, -0.25) is 0 Å². The first-order valence-electron chi connectivity index (χ1n) is 6.77. The normalized spacial score (nSPS) is 11.4. The van der Waals surface area contributed by atoms with Gasteiger partial charge in [-0.15, -0.1) is 0 Å². The van der Waals surface area contributed by atoms with E-state index < -0.39 is 5.97 Å². The minimum atomic E-state index is -0.894. The summed E-state index contributed by atoms with van der Waals surface area (Å²) < 4.78 is 2.14. The second-order valence-corrected chi connectivity index (χ2v) is 4.96. The van der Waals surface area contributed by atoms with Crippen LogP contribution in [-0.2, 0) is 6.54 Å². The quantitative estimate of drug-likeness (QED) is 0.895. The molecule has 0 spiro atoms. The van der Waals surface area contributed by atoms with Crippen molar-refractivity contribution < 1.29 is 9.90 Å². The Morgan fingerprint density at radius 3 is 2.63 bits per heavy atom. The second-order valence-electron chi connectivity index (χ2n) is 4.96. The average molecular weight is 260 g/mol. The third kappa shape index (κ3) is 2.62. The Morgan fingerprint density at radius 2 is 2.05 bits per heavy atom. The number of carbonyl (C=O) groups is 1. The van der Waals surface area contributed by atoms with Gasteiger partial charge in [0.25, 0.3) is 0 Å². The number of rotatable bonds is 5. The van der Waals surface area contributed by atoms with E-state index >= 15 is 0 Å². The van der Waals surface area contributed by atoms with E-state index in [1.807, 2.05) is 6.92 Å². The smallest absolute Gasteiger partial charge is 0.335 e. The first kappa shape index (κ1) is 13.6. The van der Waals surface area contributed by atoms with Crippen molar-refractivity contribution >= 4 is 17.0 Å². The van der Waals surface area contributed by atoms with Gasteiger partial charge in [0.1, 0.15) is 5.82 Å². The van der Waals surface area contributed by atoms with Crippen LogP contribution in [0.2, 0.25) is 0 Å². The molecule has 4 nitrogen and oxygen atoms in total. The summed E-state index contributed by atoms with van der Waals surface area (Å²) in [6.07, 6.45) is 2.24. The number of hydrogen-bond donors (Lipinski definition) is 1. The van der Waals surface area contributed by atoms with Crippen LogP contribution >= 0.6 is 0 Å². The summed E-state index contributed by atoms with van der Waals surface area (Å²) >= 11 is 0. The van der Waals surface area contributed by atoms with Crippen LogP contribution < -0.4 is 0 Å². The van der Waals surface area contributed by atoms with Crippen molar-refractivity contribution in [3.05, 3.63) is 29.6 Å². The molecule has 0 bridgehead atoms. The molecule has 0 saturated carbocycles. The first-order chi connectivity index (χ1) is 9.06. The molecule has 1 heterocycles. The Bertz CT molecular complexity index is 597. The standard InChI is InChI=1S/C15H20N2O2/c1-4-11(5-2)9-17-10(3)16-13-7-6-12(15(18)19)8-14(13)17/h6-8,11H,4-5,9H2,1-3H3,(H,18,19). The van der Waals surface area contributed by atoms with Crippen LogP contribution in [0, 0.1) is 12.8 Å². The maximum Gasteiger partial charge on any atom is 0.335 e. The molecule has 19 heavy (non-hydrogen) atoms. The largest absolute Gasteiger partial charge is 0.478 e. The van der Waals surface area contributed by atoms with E-state index in [1.54, 1.807) is 18.2 Å². The molecule has 0 fully saturated rings. The summed E-state index contributed by atoms with van der Waals surface area (Å²) in [5.41, 5.74) is 2.11. The predicted molar refractivity (Wildman–Crippen MR) is 75.5 cm³/mol. The van der Waals surface area contributed by atoms with Crippen molar-refractivity contribution in [1.82, 2.24) is 9.55 Å². The van der Waals surface area contributed by atoms with Gasteiger partial charge in [0.05, 0.1) is 16.6 Å². The van der Waals surface area contributed by atoms with Gasteiger partial charge in [0.15, 0.2) is 0 Å². The summed E-state index contributed by atoms with van der Waals surface area (Å²) in [6.45, 7) is 7.25. The van der Waals surface area contributed by atoms with E-state index in [0.29, 0.717) is 11.5 Å². The van der Waals surface area contributed by atoms with Gasteiger partial charge in [0, 0.05) is 6.54 Å². The van der Waals surface area contributed by atoms with Crippen LogP contribution in [0.25, 0.3) is 11.0 Å². The van der Waals surface area contributed by atoms with Crippen molar-refractivity contribution in [2.45, 2.75) is 40.2 Å². The molecule has 1 aromatic heterocycles. The van der Waals surface area contributed by atoms with Crippen molar-refractivity contribution in [2.24, 2.45) is 5.92 Å². The molecule has 4 heteroatoms. The van der Waals surface area contributed by atoms with Crippen LogP contribution in [0.15, 0.2) is 18.2 Å². The van der Waals surface area contributed by atoms with Crippen molar-refractivity contribution in [3.63, 3.8) is 0 Å². The third-order valence-corrected chi connectivity index (χ3v) is 3.78. The molecule has 0 aliphatic rings. The molecule has 0 atom stereocenters. The fourth-order valence-corrected chi connectivity index (χ4v) is 2.41. The summed E-state index contributed by atoms with van der Waals surface area (Å²) in [5, 5.41) is 9.09. The van der Waals surface area contributed by atoms with Gasteiger partial charge in [-0.1, -0.05) is 26.7 Å². The van der Waals surface area contributed by atoms with E-state index in [4.69, 9.17) is 5.11 Å². The zero-order valence-corrected chi connectivity index (χ0v) is 11.7. The lowest BCUT2D eigenvalue weighted by Crippen LogP contribution is -2.10. The van der Waals surface area contributed by atoms with Crippen LogP contribution in [-0.4, -0.2) is 20.6 Å². The minimum Gasteiger partial charge on any atom is -0.478 e. The molecule has 0 radical (unpaired) electrons. The first-order valence-corrected chi connectivity index (χ1v) is 6.77. The third-order valence-electron chi connectivity index (χ3n) is 3.78. The fourth-order valence-electron chi connectivity index (χ4n) is 2.41. The molecule has 2 rings (SSSR count). The second kappa shape index (κ2) is 5.43. The van der Waals surface area contributed by atoms with Gasteiger partial charge in [-0.2, -0.15) is 0 Å². The molecule has 102 valence electrons. The molecule has 0 aliphatic heterocycles. The van der Waals surface area contributed by atoms with Crippen molar-refractivity contribution in [2.75, 3.05) is 0 Å². The number of aromatic nitrogens is 2. The van der Waals surface area contributed by atoms with E-state index in [-0.39, 0.29) is 0 Å². The van der Waals surface area contributed by atoms with Gasteiger partial charge in [-0.25, -0.2) is 9.78 Å². The Morgan fingerprint density at radius 1 is 1.37 bits per heavy atom. The number of carboxylic acids is 1. The zero-order valence-electron chi connectivity index (χ0n) is 11.7. The molecule has 1 N–H and O–H groups in total. The molecule has 0 amide bonds. The highest BCUT2D eigenvalue weighted by molar-refractivity contribution is 5.92. The molecule has 1 aromatic carbocycles. The SMILES string of the molecule is CCC(CC)Cn1c(C)nc2ccc(C(=O)O)cc21. The lowest BCUT2D eigenvalue weighted by atomic mass is 10.0. The van der Waals surface area contributed by atoms with E-state index in [2.05, 4.69) is 23.4 Å². The number of aromatic carboxylic acids is 1. The summed E-state index contributed by atoms with van der Waals surface area (Å²) in [4.78, 5) is 15.6. The molecule has 0 saturated heterocycles. The van der Waals surface area contributed by atoms with E-state index in [1.165, 1.54) is 0 Å². The summed E-state index contributed by atoms with van der Waals surface area (Å²) in [7, 11) is 0. The lowest BCUT2D eigenvalue weighted by molar-refractivity contribution is 0.0697. The number of benzene rings is 1. The Balaban J connectivity index is 2.49. The highest BCUT2D eigenvalue weighted by atomic mass is 16.4. The van der Waals surface area contributed by atoms with Crippen molar-refractivity contribution in [3.8, 4) is 0 Å². The average Bonchev–Trinajstić information content (AvgIpc) is 2.70. The Labute approximate surface area is 113 Å². The van der Waals surface area contributed by atoms with Crippen LogP contribution in [0.4, 0.5) is 0 Å². The Kier molecular flexibility index (Phi) is 3.88. The number of hydrogen-bond acceptors (Lipinski definition) is 2. The number of nitrogens with zero attached hydrogens (tertiary/aromatic N) is 2. The van der Waals surface area contributed by atoms with Crippen molar-refractivity contribution in [1.29, 1.82) is 0 Å². The monoisotopic (exact) mass is 260 g/mol. The fraction of sp³-hybridized carbons (Fsp3) is 0.467. The number of carboxylic acid groups (broad SMARTS) is 1. The van der Waals surface area contributed by atoms with Gasteiger partial charge < -0.3 is 9.67 Å². The number of fused-ring (bicyclic) bond motifs is 1. The summed E-state index contributed by atoms with van der Waals surface area (Å²) in [5.74, 6) is 0.656. The van der Waals surface area contributed by atoms with Crippen LogP contribution in [0.5, 0.6) is 0 Å². The predicted octanol–water partition coefficient (Wildman–Crippen LogP) is 3.48. The van der Waals surface area contributed by atoms with E-state index in [9.17, 15) is 4.79 Å². The van der Waals surface area contributed by atoms with Gasteiger partial charge in [0.2, 0.25) is 0 Å². The maximum atomic E-state index is 11.1. The maximum absolute atomic E-state index is 11.1. The topological polar surface area (TPSA) is 55.1 Å². The zero-order chi connectivity index (χ0) is 14.0. The highest BCUT2D eigenvalue weighted by Crippen LogP contribution is 2.21. The van der Waals surface area contributed by atoms with Gasteiger partial charge in [-0.05, 0) is 31.0 Å². The number of imidazole rings is 1. The van der Waals surface area contributed by atoms with E-state index in [0.717, 1.165) is 36.2 Å². The molecule has 2 aromatic rings. The van der Waals surface area contributed by atoms with Crippen LogP contribution in [0.3, 0.4) is 0 Å². The molecule has 0 unspecified atom stereocenters. The van der Waals surface area contributed by atoms with Gasteiger partial charge >= 0.3 is 5.97 Å². The van der Waals surface area contributed by atoms with Crippen LogP contribution in [0.1, 0.15) is 42.9 Å². The minimum absolute atomic E-state index is 0.318. The number of aryl methyl sites for hydroxylation is 1. The highest BCUT2D eigenvalue weighted by Gasteiger charge is 2.13. The molecule has 0 aliphatic carbocycles. The molecular weight excluding hydrogens is 240 g/mol. The lowest BCUT2D eigenvalue weighted by Gasteiger charge is -2.15.